The van der Waals surface area contributed by atoms with E-state index >= 15 is 0 Å². The first-order valence-electron chi connectivity index (χ1n) is 5.93. The van der Waals surface area contributed by atoms with Crippen molar-refractivity contribution in [1.82, 2.24) is 15.2 Å². The number of anilines is 1. The van der Waals surface area contributed by atoms with Gasteiger partial charge in [-0.3, -0.25) is 9.89 Å². The molecule has 104 valence electrons. The fourth-order valence-corrected chi connectivity index (χ4v) is 1.71. The van der Waals surface area contributed by atoms with Crippen LogP contribution in [0.1, 0.15) is 35.2 Å². The average molecular weight is 282 g/mol. The summed E-state index contributed by atoms with van der Waals surface area (Å²) in [6, 6.07) is 0.926. The van der Waals surface area contributed by atoms with Crippen molar-refractivity contribution < 1.29 is 18.0 Å². The van der Waals surface area contributed by atoms with Crippen molar-refractivity contribution in [3.05, 3.63) is 41.2 Å². The first-order chi connectivity index (χ1) is 9.54. The Balaban J connectivity index is 1.79. The molecule has 0 saturated heterocycles. The van der Waals surface area contributed by atoms with Gasteiger partial charge >= 0.3 is 0 Å². The lowest BCUT2D eigenvalue weighted by Crippen LogP contribution is -2.15. The summed E-state index contributed by atoms with van der Waals surface area (Å²) in [6.07, 6.45) is 1.96. The van der Waals surface area contributed by atoms with Crippen molar-refractivity contribution in [3.63, 3.8) is 0 Å². The second kappa shape index (κ2) is 4.62. The Morgan fingerprint density at radius 2 is 1.90 bits per heavy atom. The summed E-state index contributed by atoms with van der Waals surface area (Å²) < 4.78 is 39.1. The molecule has 2 aromatic rings. The quantitative estimate of drug-likeness (QED) is 0.849. The van der Waals surface area contributed by atoms with E-state index in [1.165, 1.54) is 0 Å². The molecule has 5 nitrogen and oxygen atoms in total. The minimum Gasteiger partial charge on any atom is -0.317 e. The van der Waals surface area contributed by atoms with E-state index in [0.29, 0.717) is 18.0 Å². The summed E-state index contributed by atoms with van der Waals surface area (Å²) in [5, 5.41) is 8.43. The maximum Gasteiger partial charge on any atom is 0.295 e. The standard InChI is InChI=1S/C12H9F3N4O/c13-6-3-8(15)9(4-7(6)14)16-12(20)11-17-10(18-19-11)5-1-2-5/h3-5H,1-2H2,(H,16,20)(H,17,18,19). The lowest BCUT2D eigenvalue weighted by molar-refractivity contribution is 0.101. The molecular formula is C12H9F3N4O. The normalized spacial score (nSPS) is 14.3. The van der Waals surface area contributed by atoms with E-state index in [2.05, 4.69) is 20.5 Å². The number of carbonyl (C=O) groups excluding carboxylic acids is 1. The van der Waals surface area contributed by atoms with Gasteiger partial charge in [0.25, 0.3) is 5.91 Å². The molecule has 1 amide bonds. The molecule has 0 aliphatic heterocycles. The Labute approximate surface area is 111 Å². The number of halogens is 3. The zero-order chi connectivity index (χ0) is 14.3. The molecule has 0 bridgehead atoms. The number of carbonyl (C=O) groups is 1. The van der Waals surface area contributed by atoms with Gasteiger partial charge in [0.2, 0.25) is 5.82 Å². The number of rotatable bonds is 3. The van der Waals surface area contributed by atoms with E-state index in [-0.39, 0.29) is 11.7 Å². The molecular weight excluding hydrogens is 273 g/mol. The maximum atomic E-state index is 13.4. The lowest BCUT2D eigenvalue weighted by Gasteiger charge is -2.04. The molecule has 8 heteroatoms. The van der Waals surface area contributed by atoms with Crippen LogP contribution in [0, 0.1) is 17.5 Å². The minimum absolute atomic E-state index is 0.170. The van der Waals surface area contributed by atoms with Crippen LogP contribution in [0.4, 0.5) is 18.9 Å². The molecule has 1 aromatic carbocycles. The highest BCUT2D eigenvalue weighted by Gasteiger charge is 2.28. The second-order valence-corrected chi connectivity index (χ2v) is 4.52. The Bertz CT molecular complexity index is 681. The number of hydrogen-bond donors (Lipinski definition) is 2. The number of nitrogens with one attached hydrogen (secondary N) is 2. The van der Waals surface area contributed by atoms with Crippen molar-refractivity contribution in [2.24, 2.45) is 0 Å². The molecule has 1 aliphatic rings. The molecule has 2 N–H and O–H groups in total. The smallest absolute Gasteiger partial charge is 0.295 e. The predicted molar refractivity (Wildman–Crippen MR) is 62.6 cm³/mol. The van der Waals surface area contributed by atoms with Crippen LogP contribution >= 0.6 is 0 Å². The molecule has 1 saturated carbocycles. The molecule has 0 radical (unpaired) electrons. The van der Waals surface area contributed by atoms with Gasteiger partial charge in [-0.25, -0.2) is 18.2 Å². The number of H-pyrrole nitrogens is 1. The Hall–Kier alpha value is -2.38. The van der Waals surface area contributed by atoms with Crippen LogP contribution in [0.2, 0.25) is 0 Å². The fraction of sp³-hybridized carbons (Fsp3) is 0.250. The zero-order valence-electron chi connectivity index (χ0n) is 10.1. The van der Waals surface area contributed by atoms with E-state index in [0.717, 1.165) is 12.8 Å². The third-order valence-corrected chi connectivity index (χ3v) is 2.93. The molecule has 20 heavy (non-hydrogen) atoms. The summed E-state index contributed by atoms with van der Waals surface area (Å²) in [6.45, 7) is 0. The van der Waals surface area contributed by atoms with E-state index in [9.17, 15) is 18.0 Å². The van der Waals surface area contributed by atoms with Gasteiger partial charge in [0.15, 0.2) is 11.6 Å². The van der Waals surface area contributed by atoms with E-state index < -0.39 is 29.0 Å². The third kappa shape index (κ3) is 2.36. The number of amides is 1. The van der Waals surface area contributed by atoms with E-state index in [1.807, 2.05) is 0 Å². The van der Waals surface area contributed by atoms with Gasteiger partial charge in [0.1, 0.15) is 11.6 Å². The molecule has 1 aromatic heterocycles. The fourth-order valence-electron chi connectivity index (χ4n) is 1.71. The minimum atomic E-state index is -1.32. The molecule has 0 atom stereocenters. The van der Waals surface area contributed by atoms with Crippen LogP contribution in [0.5, 0.6) is 0 Å². The van der Waals surface area contributed by atoms with E-state index in [1.54, 1.807) is 0 Å². The molecule has 1 fully saturated rings. The van der Waals surface area contributed by atoms with Gasteiger partial charge in [-0.15, -0.1) is 5.10 Å². The number of nitrogens with zero attached hydrogens (tertiary/aromatic N) is 2. The highest BCUT2D eigenvalue weighted by atomic mass is 19.2. The highest BCUT2D eigenvalue weighted by molar-refractivity contribution is 6.01. The van der Waals surface area contributed by atoms with Crippen LogP contribution in [-0.4, -0.2) is 21.1 Å². The van der Waals surface area contributed by atoms with Crippen LogP contribution in [0.15, 0.2) is 12.1 Å². The predicted octanol–water partition coefficient (Wildman–Crippen LogP) is 2.35. The average Bonchev–Trinajstić information content (AvgIpc) is 3.13. The van der Waals surface area contributed by atoms with Crippen molar-refractivity contribution in [2.45, 2.75) is 18.8 Å². The monoisotopic (exact) mass is 282 g/mol. The molecule has 3 rings (SSSR count). The van der Waals surface area contributed by atoms with Gasteiger partial charge in [0, 0.05) is 18.1 Å². The molecule has 1 aliphatic carbocycles. The zero-order valence-corrected chi connectivity index (χ0v) is 10.1. The Morgan fingerprint density at radius 1 is 1.20 bits per heavy atom. The third-order valence-electron chi connectivity index (χ3n) is 2.93. The summed E-state index contributed by atoms with van der Waals surface area (Å²) in [5.74, 6) is -3.74. The SMILES string of the molecule is O=C(Nc1cc(F)c(F)cc1F)c1n[nH]c(C2CC2)n1. The highest BCUT2D eigenvalue weighted by Crippen LogP contribution is 2.37. The number of aromatic amines is 1. The molecule has 0 spiro atoms. The first-order valence-corrected chi connectivity index (χ1v) is 5.93. The van der Waals surface area contributed by atoms with Gasteiger partial charge in [-0.2, -0.15) is 0 Å². The summed E-state index contributed by atoms with van der Waals surface area (Å²) in [7, 11) is 0. The van der Waals surface area contributed by atoms with Crippen molar-refractivity contribution in [2.75, 3.05) is 5.32 Å². The van der Waals surface area contributed by atoms with Gasteiger partial charge in [-0.1, -0.05) is 0 Å². The number of hydrogen-bond acceptors (Lipinski definition) is 3. The topological polar surface area (TPSA) is 70.7 Å². The van der Waals surface area contributed by atoms with Gasteiger partial charge in [-0.05, 0) is 12.8 Å². The summed E-state index contributed by atoms with van der Waals surface area (Å²) in [4.78, 5) is 15.7. The number of benzene rings is 1. The van der Waals surface area contributed by atoms with Crippen LogP contribution in [0.3, 0.4) is 0 Å². The van der Waals surface area contributed by atoms with Gasteiger partial charge in [0.05, 0.1) is 5.69 Å². The van der Waals surface area contributed by atoms with Gasteiger partial charge < -0.3 is 5.32 Å². The summed E-state index contributed by atoms with van der Waals surface area (Å²) in [5.41, 5.74) is -0.466. The first kappa shape index (κ1) is 12.6. The van der Waals surface area contributed by atoms with Crippen molar-refractivity contribution in [3.8, 4) is 0 Å². The van der Waals surface area contributed by atoms with Crippen LogP contribution in [-0.2, 0) is 0 Å². The molecule has 0 unspecified atom stereocenters. The van der Waals surface area contributed by atoms with Crippen LogP contribution in [0.25, 0.3) is 0 Å². The molecule has 1 heterocycles. The Kier molecular flexibility index (Phi) is 2.92. The summed E-state index contributed by atoms with van der Waals surface area (Å²) >= 11 is 0. The second-order valence-electron chi connectivity index (χ2n) is 4.52. The van der Waals surface area contributed by atoms with E-state index in [4.69, 9.17) is 0 Å². The van der Waals surface area contributed by atoms with Crippen molar-refractivity contribution in [1.29, 1.82) is 0 Å². The lowest BCUT2D eigenvalue weighted by atomic mass is 10.2. The maximum absolute atomic E-state index is 13.4. The van der Waals surface area contributed by atoms with Crippen molar-refractivity contribution >= 4 is 11.6 Å². The van der Waals surface area contributed by atoms with Crippen LogP contribution < -0.4 is 5.32 Å². The number of aromatic nitrogens is 3. The Morgan fingerprint density at radius 3 is 2.60 bits per heavy atom. The largest absolute Gasteiger partial charge is 0.317 e.